The molecular formula is C44H41Cl3N2O10. The van der Waals surface area contributed by atoms with Crippen LogP contribution in [0.4, 0.5) is 0 Å². The molecular weight excluding hydrogens is 823 g/mol. The molecule has 4 rings (SSSR count). The number of allylic oxidation sites excluding steroid dienone is 3. The smallest absolute Gasteiger partial charge is 0.334 e. The number of halogens is 3. The molecule has 0 fully saturated rings. The van der Waals surface area contributed by atoms with Crippen LogP contribution < -0.4 is 29.6 Å². The summed E-state index contributed by atoms with van der Waals surface area (Å²) < 4.78 is 22.0. The van der Waals surface area contributed by atoms with E-state index >= 15 is 0 Å². The molecule has 59 heavy (non-hydrogen) atoms. The van der Waals surface area contributed by atoms with Gasteiger partial charge in [0.15, 0.2) is 33.6 Å². The van der Waals surface area contributed by atoms with Gasteiger partial charge >= 0.3 is 11.9 Å². The molecule has 0 aliphatic carbocycles. The van der Waals surface area contributed by atoms with Gasteiger partial charge in [-0.25, -0.2) is 9.59 Å². The monoisotopic (exact) mass is 862 g/mol. The van der Waals surface area contributed by atoms with Gasteiger partial charge in [0.05, 0.1) is 14.2 Å². The van der Waals surface area contributed by atoms with Gasteiger partial charge in [-0.3, -0.25) is 14.4 Å². The number of esters is 2. The predicted molar refractivity (Wildman–Crippen MR) is 226 cm³/mol. The van der Waals surface area contributed by atoms with Crippen molar-refractivity contribution in [1.29, 1.82) is 0 Å². The van der Waals surface area contributed by atoms with E-state index in [1.165, 1.54) is 57.6 Å². The summed E-state index contributed by atoms with van der Waals surface area (Å²) in [5.74, 6) is -3.17. The number of ketones is 1. The number of hydrogen-bond donors (Lipinski definition) is 3. The largest absolute Gasteiger partial charge is 0.508 e. The van der Waals surface area contributed by atoms with E-state index in [0.29, 0.717) is 11.1 Å². The zero-order chi connectivity index (χ0) is 42.9. The maximum atomic E-state index is 13.2. The van der Waals surface area contributed by atoms with E-state index in [-0.39, 0.29) is 41.6 Å². The number of alkyl halides is 3. The second-order valence-electron chi connectivity index (χ2n) is 12.7. The summed E-state index contributed by atoms with van der Waals surface area (Å²) in [5.41, 5.74) is 2.61. The SMILES string of the molecule is COc1cc(/C=C/C(=O)/C=C(O)/C=C/c2ccc(OC(=O)[C@H](Cc3ccccc3)NC(=O)C(Cl)Cl)c(OC)c2)ccc1OC(=O)[C@H](Cc1ccccc1)NC(=O)C(C)Cl. The van der Waals surface area contributed by atoms with Crippen LogP contribution in [0.2, 0.25) is 0 Å². The van der Waals surface area contributed by atoms with Crippen LogP contribution in [0.1, 0.15) is 29.2 Å². The van der Waals surface area contributed by atoms with Gasteiger partial charge in [0.1, 0.15) is 23.2 Å². The van der Waals surface area contributed by atoms with E-state index < -0.39 is 51.8 Å². The van der Waals surface area contributed by atoms with Crippen molar-refractivity contribution in [3.63, 3.8) is 0 Å². The molecule has 0 aliphatic heterocycles. The lowest BCUT2D eigenvalue weighted by atomic mass is 10.1. The van der Waals surface area contributed by atoms with Crippen molar-refractivity contribution in [1.82, 2.24) is 10.6 Å². The predicted octanol–water partition coefficient (Wildman–Crippen LogP) is 7.14. The maximum absolute atomic E-state index is 13.2. The topological polar surface area (TPSA) is 167 Å². The molecule has 0 spiro atoms. The fraction of sp³-hybridized carbons (Fsp3) is 0.205. The normalized spacial score (nSPS) is 13.0. The summed E-state index contributed by atoms with van der Waals surface area (Å²) in [6, 6.07) is 25.2. The number of aliphatic hydroxyl groups excluding tert-OH is 1. The average Bonchev–Trinajstić information content (AvgIpc) is 3.22. The molecule has 0 saturated heterocycles. The molecule has 308 valence electrons. The molecule has 3 N–H and O–H groups in total. The molecule has 1 unspecified atom stereocenters. The Labute approximate surface area is 356 Å². The lowest BCUT2D eigenvalue weighted by molar-refractivity contribution is -0.139. The Morgan fingerprint density at radius 3 is 1.49 bits per heavy atom. The fourth-order valence-corrected chi connectivity index (χ4v) is 5.50. The third-order valence-corrected chi connectivity index (χ3v) is 8.89. The number of amides is 2. The standard InChI is InChI=1S/C44H41Cl3N2O10/c1-27(45)41(52)48-34(22-28-10-6-4-7-11-28)43(54)58-36-20-16-30(24-38(36)56-2)14-18-32(50)26-33(51)19-15-31-17-21-37(39(25-31)57-3)59-44(55)35(49-42(53)40(46)47)23-29-12-8-5-9-13-29/h4-21,24-27,34-35,40,51H,22-23H2,1-3H3,(H,48,52)(H,49,53)/b18-14+,19-15+,33-26-/t27?,34-,35-/m0/s1. The van der Waals surface area contributed by atoms with E-state index in [2.05, 4.69) is 10.6 Å². The molecule has 0 saturated carbocycles. The quantitative estimate of drug-likeness (QED) is 0.0220. The van der Waals surface area contributed by atoms with Crippen LogP contribution in [0.3, 0.4) is 0 Å². The van der Waals surface area contributed by atoms with Gasteiger partial charge in [-0.05, 0) is 65.6 Å². The molecule has 4 aromatic carbocycles. The number of carbonyl (C=O) groups excluding carboxylic acids is 5. The van der Waals surface area contributed by atoms with Crippen LogP contribution in [0.15, 0.2) is 121 Å². The number of aliphatic hydroxyl groups is 1. The Kier molecular flexibility index (Phi) is 17.6. The number of benzene rings is 4. The second-order valence-corrected chi connectivity index (χ2v) is 14.5. The molecule has 4 aromatic rings. The van der Waals surface area contributed by atoms with Gasteiger partial charge in [0.2, 0.25) is 5.91 Å². The van der Waals surface area contributed by atoms with Crippen molar-refractivity contribution in [3.05, 3.63) is 143 Å². The van der Waals surface area contributed by atoms with E-state index in [4.69, 9.17) is 53.8 Å². The molecule has 12 nitrogen and oxygen atoms in total. The summed E-state index contributed by atoms with van der Waals surface area (Å²) in [6.45, 7) is 1.49. The highest BCUT2D eigenvalue weighted by Crippen LogP contribution is 2.30. The van der Waals surface area contributed by atoms with Crippen molar-refractivity contribution in [2.45, 2.75) is 42.1 Å². The zero-order valence-electron chi connectivity index (χ0n) is 32.1. The zero-order valence-corrected chi connectivity index (χ0v) is 34.4. The van der Waals surface area contributed by atoms with Gasteiger partial charge < -0.3 is 34.7 Å². The Morgan fingerprint density at radius 2 is 1.07 bits per heavy atom. The number of ether oxygens (including phenoxy) is 4. The lowest BCUT2D eigenvalue weighted by Crippen LogP contribution is -2.46. The van der Waals surface area contributed by atoms with Crippen molar-refractivity contribution in [3.8, 4) is 23.0 Å². The third-order valence-electron chi connectivity index (χ3n) is 8.30. The van der Waals surface area contributed by atoms with Crippen LogP contribution in [-0.2, 0) is 36.8 Å². The van der Waals surface area contributed by atoms with Crippen molar-refractivity contribution >= 4 is 76.5 Å². The second kappa shape index (κ2) is 22.8. The Balaban J connectivity index is 1.39. The first-order valence-electron chi connectivity index (χ1n) is 18.0. The molecule has 0 bridgehead atoms. The van der Waals surface area contributed by atoms with E-state index in [9.17, 15) is 29.1 Å². The summed E-state index contributed by atoms with van der Waals surface area (Å²) in [6.07, 6.45) is 6.79. The first-order valence-corrected chi connectivity index (χ1v) is 19.3. The third kappa shape index (κ3) is 14.7. The molecule has 0 radical (unpaired) electrons. The minimum absolute atomic E-state index is 0.0656. The minimum Gasteiger partial charge on any atom is -0.508 e. The van der Waals surface area contributed by atoms with E-state index in [1.54, 1.807) is 48.5 Å². The van der Waals surface area contributed by atoms with Crippen LogP contribution in [0.25, 0.3) is 12.2 Å². The molecule has 0 heterocycles. The Bertz CT molecular complexity index is 2190. The average molecular weight is 864 g/mol. The highest BCUT2D eigenvalue weighted by molar-refractivity contribution is 6.53. The summed E-state index contributed by atoms with van der Waals surface area (Å²) >= 11 is 17.3. The first-order chi connectivity index (χ1) is 28.3. The minimum atomic E-state index is -1.39. The van der Waals surface area contributed by atoms with E-state index in [0.717, 1.165) is 17.2 Å². The van der Waals surface area contributed by atoms with Crippen LogP contribution in [0, 0.1) is 0 Å². The van der Waals surface area contributed by atoms with Crippen LogP contribution >= 0.6 is 34.8 Å². The number of nitrogens with one attached hydrogen (secondary N) is 2. The van der Waals surface area contributed by atoms with Gasteiger partial charge in [0.25, 0.3) is 5.91 Å². The summed E-state index contributed by atoms with van der Waals surface area (Å²) in [4.78, 5) is 62.3. The molecule has 15 heteroatoms. The molecule has 0 aliphatic rings. The maximum Gasteiger partial charge on any atom is 0.334 e. The van der Waals surface area contributed by atoms with Crippen molar-refractivity contribution < 1.29 is 48.0 Å². The highest BCUT2D eigenvalue weighted by Gasteiger charge is 2.28. The van der Waals surface area contributed by atoms with E-state index in [1.807, 2.05) is 36.4 Å². The molecule has 2 amide bonds. The van der Waals surface area contributed by atoms with Gasteiger partial charge in [-0.1, -0.05) is 108 Å². The highest BCUT2D eigenvalue weighted by atomic mass is 35.5. The van der Waals surface area contributed by atoms with Gasteiger partial charge in [-0.2, -0.15) is 0 Å². The van der Waals surface area contributed by atoms with Crippen molar-refractivity contribution in [2.75, 3.05) is 14.2 Å². The Hall–Kier alpha value is -6.08. The number of methoxy groups -OCH3 is 2. The number of rotatable bonds is 19. The summed E-state index contributed by atoms with van der Waals surface area (Å²) in [5, 5.41) is 14.7. The first kappa shape index (κ1) is 45.6. The lowest BCUT2D eigenvalue weighted by Gasteiger charge is -2.19. The van der Waals surface area contributed by atoms with Gasteiger partial charge in [0, 0.05) is 18.9 Å². The molecule has 3 atom stereocenters. The Morgan fingerprint density at radius 1 is 0.627 bits per heavy atom. The number of hydrogen-bond acceptors (Lipinski definition) is 10. The number of carbonyl (C=O) groups is 5. The van der Waals surface area contributed by atoms with Crippen LogP contribution in [0.5, 0.6) is 23.0 Å². The summed E-state index contributed by atoms with van der Waals surface area (Å²) in [7, 11) is 2.76. The van der Waals surface area contributed by atoms with Gasteiger partial charge in [-0.15, -0.1) is 11.6 Å². The fourth-order valence-electron chi connectivity index (χ4n) is 5.31. The van der Waals surface area contributed by atoms with Crippen LogP contribution in [-0.4, -0.2) is 71.2 Å². The van der Waals surface area contributed by atoms with Crippen molar-refractivity contribution in [2.24, 2.45) is 0 Å². The molecule has 0 aromatic heterocycles.